The van der Waals surface area contributed by atoms with Gasteiger partial charge in [0, 0.05) is 19.6 Å². The van der Waals surface area contributed by atoms with Crippen LogP contribution in [0.2, 0.25) is 0 Å². The Labute approximate surface area is 177 Å². The van der Waals surface area contributed by atoms with Gasteiger partial charge in [0.1, 0.15) is 5.60 Å². The molecule has 1 aromatic carbocycles. The number of aliphatic carboxylic acids is 1. The van der Waals surface area contributed by atoms with Gasteiger partial charge < -0.3 is 14.7 Å². The van der Waals surface area contributed by atoms with Gasteiger partial charge in [-0.25, -0.2) is 13.2 Å². The summed E-state index contributed by atoms with van der Waals surface area (Å²) in [7, 11) is -3.29. The van der Waals surface area contributed by atoms with E-state index in [2.05, 4.69) is 0 Å². The predicted octanol–water partition coefficient (Wildman–Crippen LogP) is 2.73. The van der Waals surface area contributed by atoms with Crippen LogP contribution in [0.15, 0.2) is 24.3 Å². The lowest BCUT2D eigenvalue weighted by molar-refractivity contribution is -0.143. The van der Waals surface area contributed by atoms with E-state index < -0.39 is 33.6 Å². The van der Waals surface area contributed by atoms with Crippen molar-refractivity contribution in [2.24, 2.45) is 11.8 Å². The van der Waals surface area contributed by atoms with Gasteiger partial charge in [0.2, 0.25) is 10.0 Å². The summed E-state index contributed by atoms with van der Waals surface area (Å²) in [5, 5.41) is 9.83. The van der Waals surface area contributed by atoms with Crippen molar-refractivity contribution in [3.8, 4) is 0 Å². The number of nitrogens with zero attached hydrogens (tertiary/aromatic N) is 2. The van der Waals surface area contributed by atoms with Gasteiger partial charge in [-0.1, -0.05) is 12.1 Å². The highest BCUT2D eigenvalue weighted by Crippen LogP contribution is 2.31. The number of hydrogen-bond donors (Lipinski definition) is 1. The van der Waals surface area contributed by atoms with E-state index in [0.717, 1.165) is 5.56 Å². The number of hydrogen-bond acceptors (Lipinski definition) is 5. The third-order valence-corrected chi connectivity index (χ3v) is 7.39. The van der Waals surface area contributed by atoms with Gasteiger partial charge in [-0.2, -0.15) is 0 Å². The Morgan fingerprint density at radius 2 is 2.00 bits per heavy atom. The molecule has 30 heavy (non-hydrogen) atoms. The highest BCUT2D eigenvalue weighted by Gasteiger charge is 2.37. The second-order valence-corrected chi connectivity index (χ2v) is 11.0. The Kier molecular flexibility index (Phi) is 6.31. The lowest BCUT2D eigenvalue weighted by Crippen LogP contribution is -2.36. The van der Waals surface area contributed by atoms with E-state index in [1.807, 2.05) is 6.07 Å². The van der Waals surface area contributed by atoms with E-state index in [9.17, 15) is 23.1 Å². The molecule has 0 spiro atoms. The minimum atomic E-state index is -3.29. The van der Waals surface area contributed by atoms with Gasteiger partial charge in [-0.05, 0) is 63.6 Å². The van der Waals surface area contributed by atoms with Gasteiger partial charge in [-0.15, -0.1) is 0 Å². The second-order valence-electron chi connectivity index (χ2n) is 9.04. The number of likely N-dealkylation sites (tertiary alicyclic amines) is 1. The lowest BCUT2D eigenvalue weighted by Gasteiger charge is -2.25. The molecule has 2 atom stereocenters. The Morgan fingerprint density at radius 1 is 1.27 bits per heavy atom. The molecule has 0 radical (unpaired) electrons. The topological polar surface area (TPSA) is 104 Å². The van der Waals surface area contributed by atoms with E-state index in [-0.39, 0.29) is 18.1 Å². The molecule has 0 saturated carbocycles. The van der Waals surface area contributed by atoms with Crippen molar-refractivity contribution in [3.05, 3.63) is 29.8 Å². The number of carbonyl (C=O) groups excluding carboxylic acids is 1. The lowest BCUT2D eigenvalue weighted by atomic mass is 9.86. The zero-order valence-electron chi connectivity index (χ0n) is 17.7. The predicted molar refractivity (Wildman–Crippen MR) is 113 cm³/mol. The first-order valence-corrected chi connectivity index (χ1v) is 11.9. The Morgan fingerprint density at radius 3 is 2.60 bits per heavy atom. The van der Waals surface area contributed by atoms with Crippen LogP contribution in [0.5, 0.6) is 0 Å². The van der Waals surface area contributed by atoms with Gasteiger partial charge in [0.15, 0.2) is 0 Å². The minimum Gasteiger partial charge on any atom is -0.481 e. The van der Waals surface area contributed by atoms with Crippen LogP contribution < -0.4 is 4.31 Å². The Balaban J connectivity index is 1.71. The van der Waals surface area contributed by atoms with Crippen LogP contribution in [0.25, 0.3) is 0 Å². The van der Waals surface area contributed by atoms with E-state index in [1.54, 1.807) is 43.9 Å². The third kappa shape index (κ3) is 5.24. The minimum absolute atomic E-state index is 0.136. The summed E-state index contributed by atoms with van der Waals surface area (Å²) >= 11 is 0. The van der Waals surface area contributed by atoms with E-state index >= 15 is 0 Å². The average molecular weight is 439 g/mol. The average Bonchev–Trinajstić information content (AvgIpc) is 3.24. The largest absolute Gasteiger partial charge is 0.481 e. The fourth-order valence-corrected chi connectivity index (χ4v) is 5.64. The molecular formula is C21H30N2O6S. The highest BCUT2D eigenvalue weighted by molar-refractivity contribution is 7.93. The van der Waals surface area contributed by atoms with Crippen molar-refractivity contribution in [2.75, 3.05) is 29.7 Å². The van der Waals surface area contributed by atoms with E-state index in [0.29, 0.717) is 38.2 Å². The van der Waals surface area contributed by atoms with Crippen LogP contribution in [0.1, 0.15) is 39.2 Å². The summed E-state index contributed by atoms with van der Waals surface area (Å²) < 4.78 is 31.2. The molecule has 9 heteroatoms. The van der Waals surface area contributed by atoms with Crippen LogP contribution in [0.4, 0.5) is 10.5 Å². The first kappa shape index (κ1) is 22.4. The number of amides is 1. The molecule has 3 rings (SSSR count). The number of ether oxygens (including phenoxy) is 1. The first-order valence-electron chi connectivity index (χ1n) is 10.3. The molecule has 8 nitrogen and oxygen atoms in total. The summed E-state index contributed by atoms with van der Waals surface area (Å²) in [5.74, 6) is -1.63. The molecule has 2 heterocycles. The smallest absolute Gasteiger partial charge is 0.410 e. The standard InChI is InChI=1S/C21H30N2O6S/c1-21(2,3)29-20(26)22-10-8-16(14-22)18(19(24)25)13-15-6-4-7-17(12-15)23-9-5-11-30(23,27)28/h4,6-7,12,16,18H,5,8-11,13-14H2,1-3H3,(H,24,25)/t16-,18-/m0/s1. The normalized spacial score (nSPS) is 22.2. The molecule has 166 valence electrons. The van der Waals surface area contributed by atoms with Gasteiger partial charge in [-0.3, -0.25) is 9.10 Å². The Hall–Kier alpha value is -2.29. The maximum atomic E-state index is 12.3. The molecule has 2 aliphatic heterocycles. The molecular weight excluding hydrogens is 408 g/mol. The van der Waals surface area contributed by atoms with Crippen molar-refractivity contribution in [2.45, 2.75) is 45.6 Å². The number of carboxylic acids is 1. The van der Waals surface area contributed by atoms with Crippen LogP contribution in [-0.2, 0) is 26.0 Å². The molecule has 1 amide bonds. The number of rotatable bonds is 5. The maximum Gasteiger partial charge on any atom is 0.410 e. The summed E-state index contributed by atoms with van der Waals surface area (Å²) in [6, 6.07) is 7.09. The zero-order valence-corrected chi connectivity index (χ0v) is 18.5. The van der Waals surface area contributed by atoms with Crippen molar-refractivity contribution < 1.29 is 27.9 Å². The summed E-state index contributed by atoms with van der Waals surface area (Å²) in [5.41, 5.74) is 0.756. The quantitative estimate of drug-likeness (QED) is 0.758. The van der Waals surface area contributed by atoms with E-state index in [4.69, 9.17) is 4.74 Å². The fraction of sp³-hybridized carbons (Fsp3) is 0.619. The van der Waals surface area contributed by atoms with E-state index in [1.165, 1.54) is 4.31 Å². The van der Waals surface area contributed by atoms with Gasteiger partial charge >= 0.3 is 12.1 Å². The molecule has 0 aromatic heterocycles. The molecule has 2 saturated heterocycles. The maximum absolute atomic E-state index is 12.3. The SMILES string of the molecule is CC(C)(C)OC(=O)N1CC[C@H]([C@H](Cc2cccc(N3CCCS3(=O)=O)c2)C(=O)O)C1. The monoisotopic (exact) mass is 438 g/mol. The second kappa shape index (κ2) is 8.45. The van der Waals surface area contributed by atoms with Crippen LogP contribution >= 0.6 is 0 Å². The number of sulfonamides is 1. The van der Waals surface area contributed by atoms with Crippen molar-refractivity contribution in [1.82, 2.24) is 4.90 Å². The molecule has 1 aromatic rings. The molecule has 1 N–H and O–H groups in total. The molecule has 2 fully saturated rings. The number of benzene rings is 1. The summed E-state index contributed by atoms with van der Waals surface area (Å²) in [6.45, 7) is 6.65. The molecule has 0 bridgehead atoms. The Bertz CT molecular complexity index is 908. The number of carbonyl (C=O) groups is 2. The summed E-state index contributed by atoms with van der Waals surface area (Å²) in [4.78, 5) is 25.9. The molecule has 0 unspecified atom stereocenters. The molecule has 2 aliphatic rings. The fourth-order valence-electron chi connectivity index (χ4n) is 4.09. The van der Waals surface area contributed by atoms with Crippen LogP contribution in [0, 0.1) is 11.8 Å². The van der Waals surface area contributed by atoms with Gasteiger partial charge in [0.05, 0.1) is 17.4 Å². The van der Waals surface area contributed by atoms with Crippen molar-refractivity contribution in [3.63, 3.8) is 0 Å². The zero-order chi connectivity index (χ0) is 22.1. The summed E-state index contributed by atoms with van der Waals surface area (Å²) in [6.07, 6.45) is 1.04. The van der Waals surface area contributed by atoms with Crippen LogP contribution in [-0.4, -0.2) is 61.5 Å². The highest BCUT2D eigenvalue weighted by atomic mass is 32.2. The van der Waals surface area contributed by atoms with Crippen LogP contribution in [0.3, 0.4) is 0 Å². The van der Waals surface area contributed by atoms with Crippen molar-refractivity contribution >= 4 is 27.8 Å². The van der Waals surface area contributed by atoms with Gasteiger partial charge in [0.25, 0.3) is 0 Å². The third-order valence-electron chi connectivity index (χ3n) is 5.52. The molecule has 0 aliphatic carbocycles. The first-order chi connectivity index (χ1) is 14.0. The van der Waals surface area contributed by atoms with Crippen molar-refractivity contribution in [1.29, 1.82) is 0 Å². The number of carboxylic acid groups (broad SMARTS) is 1. The number of anilines is 1.